The van der Waals surface area contributed by atoms with Crippen LogP contribution in [0.4, 0.5) is 0 Å². The second-order valence-corrected chi connectivity index (χ2v) is 5.69. The molecule has 1 N–H and O–H groups in total. The molecular formula is C11H17Cl2NS. The summed E-state index contributed by atoms with van der Waals surface area (Å²) in [5, 5.41) is 3.40. The minimum atomic E-state index is -0.167. The highest BCUT2D eigenvalue weighted by Gasteiger charge is 2.20. The van der Waals surface area contributed by atoms with Gasteiger partial charge in [-0.25, -0.2) is 0 Å². The molecule has 0 radical (unpaired) electrons. The van der Waals surface area contributed by atoms with Gasteiger partial charge in [-0.3, -0.25) is 0 Å². The zero-order chi connectivity index (χ0) is 11.3. The van der Waals surface area contributed by atoms with Crippen molar-refractivity contribution in [1.82, 2.24) is 5.32 Å². The maximum atomic E-state index is 5.86. The molecule has 0 fully saturated rings. The second kappa shape index (κ2) is 6.09. The van der Waals surface area contributed by atoms with E-state index in [4.69, 9.17) is 23.2 Å². The van der Waals surface area contributed by atoms with Crippen LogP contribution in [0.15, 0.2) is 12.1 Å². The highest BCUT2D eigenvalue weighted by molar-refractivity contribution is 7.11. The third-order valence-corrected chi connectivity index (χ3v) is 4.75. The van der Waals surface area contributed by atoms with Gasteiger partial charge in [-0.15, -0.1) is 34.5 Å². The van der Waals surface area contributed by atoms with Gasteiger partial charge >= 0.3 is 0 Å². The van der Waals surface area contributed by atoms with E-state index in [-0.39, 0.29) is 5.54 Å². The summed E-state index contributed by atoms with van der Waals surface area (Å²) in [7, 11) is 0. The van der Waals surface area contributed by atoms with Gasteiger partial charge in [0, 0.05) is 33.6 Å². The summed E-state index contributed by atoms with van der Waals surface area (Å²) >= 11 is 13.6. The van der Waals surface area contributed by atoms with Crippen molar-refractivity contribution in [3.8, 4) is 0 Å². The molecule has 0 unspecified atom stereocenters. The molecule has 0 amide bonds. The first-order chi connectivity index (χ1) is 7.13. The summed E-state index contributed by atoms with van der Waals surface area (Å²) in [6.45, 7) is 5.06. The van der Waals surface area contributed by atoms with Crippen LogP contribution in [0.1, 0.15) is 23.6 Å². The number of alkyl halides is 2. The fraction of sp³-hybridized carbons (Fsp3) is 0.636. The molecular weight excluding hydrogens is 249 g/mol. The SMILES string of the molecule is CCc1ccc(CNC(C)(CCl)CCl)s1. The molecule has 0 saturated carbocycles. The number of hydrogen-bond donors (Lipinski definition) is 1. The van der Waals surface area contributed by atoms with E-state index in [1.807, 2.05) is 18.3 Å². The second-order valence-electron chi connectivity index (χ2n) is 3.90. The quantitative estimate of drug-likeness (QED) is 0.775. The molecule has 0 aromatic carbocycles. The van der Waals surface area contributed by atoms with Gasteiger partial charge < -0.3 is 5.32 Å². The zero-order valence-corrected chi connectivity index (χ0v) is 11.5. The highest BCUT2D eigenvalue weighted by Crippen LogP contribution is 2.18. The zero-order valence-electron chi connectivity index (χ0n) is 9.15. The van der Waals surface area contributed by atoms with E-state index in [1.54, 1.807) is 0 Å². The van der Waals surface area contributed by atoms with Gasteiger partial charge in [-0.1, -0.05) is 6.92 Å². The Morgan fingerprint density at radius 3 is 2.33 bits per heavy atom. The van der Waals surface area contributed by atoms with Crippen molar-refractivity contribution in [1.29, 1.82) is 0 Å². The Morgan fingerprint density at radius 2 is 1.87 bits per heavy atom. The Morgan fingerprint density at radius 1 is 1.27 bits per heavy atom. The standard InChI is InChI=1S/C11H17Cl2NS/c1-3-9-4-5-10(15-9)6-14-11(2,7-12)8-13/h4-5,14H,3,6-8H2,1-2H3. The molecule has 0 saturated heterocycles. The van der Waals surface area contributed by atoms with Crippen molar-refractivity contribution >= 4 is 34.5 Å². The first-order valence-electron chi connectivity index (χ1n) is 5.08. The van der Waals surface area contributed by atoms with E-state index in [0.717, 1.165) is 13.0 Å². The van der Waals surface area contributed by atoms with Crippen molar-refractivity contribution in [2.45, 2.75) is 32.4 Å². The monoisotopic (exact) mass is 265 g/mol. The fourth-order valence-electron chi connectivity index (χ4n) is 1.14. The number of thiophene rings is 1. The van der Waals surface area contributed by atoms with Crippen LogP contribution in [0.25, 0.3) is 0 Å². The predicted molar refractivity (Wildman–Crippen MR) is 70.4 cm³/mol. The van der Waals surface area contributed by atoms with E-state index in [9.17, 15) is 0 Å². The summed E-state index contributed by atoms with van der Waals surface area (Å²) in [4.78, 5) is 2.76. The van der Waals surface area contributed by atoms with Crippen LogP contribution < -0.4 is 5.32 Å². The predicted octanol–water partition coefficient (Wildman–Crippen LogP) is 3.64. The third-order valence-electron chi connectivity index (χ3n) is 2.35. The molecule has 15 heavy (non-hydrogen) atoms. The molecule has 86 valence electrons. The van der Waals surface area contributed by atoms with Crippen molar-refractivity contribution in [2.24, 2.45) is 0 Å². The summed E-state index contributed by atoms with van der Waals surface area (Å²) in [5.41, 5.74) is -0.167. The van der Waals surface area contributed by atoms with Crippen LogP contribution in [0, 0.1) is 0 Å². The summed E-state index contributed by atoms with van der Waals surface area (Å²) < 4.78 is 0. The average molecular weight is 266 g/mol. The lowest BCUT2D eigenvalue weighted by Crippen LogP contribution is -2.45. The van der Waals surface area contributed by atoms with Crippen molar-refractivity contribution in [3.63, 3.8) is 0 Å². The van der Waals surface area contributed by atoms with Gasteiger partial charge in [-0.2, -0.15) is 0 Å². The topological polar surface area (TPSA) is 12.0 Å². The first-order valence-corrected chi connectivity index (χ1v) is 6.96. The highest BCUT2D eigenvalue weighted by atomic mass is 35.5. The molecule has 0 aliphatic rings. The third kappa shape index (κ3) is 3.95. The Balaban J connectivity index is 2.49. The lowest BCUT2D eigenvalue weighted by Gasteiger charge is -2.25. The van der Waals surface area contributed by atoms with Gasteiger partial charge in [0.05, 0.1) is 0 Å². The number of nitrogens with one attached hydrogen (secondary N) is 1. The van der Waals surface area contributed by atoms with Crippen LogP contribution in [-0.2, 0) is 13.0 Å². The Kier molecular flexibility index (Phi) is 5.41. The first kappa shape index (κ1) is 13.3. The van der Waals surface area contributed by atoms with Crippen molar-refractivity contribution in [3.05, 3.63) is 21.9 Å². The molecule has 0 spiro atoms. The lowest BCUT2D eigenvalue weighted by atomic mass is 10.1. The average Bonchev–Trinajstić information content (AvgIpc) is 2.74. The minimum absolute atomic E-state index is 0.167. The lowest BCUT2D eigenvalue weighted by molar-refractivity contribution is 0.437. The summed E-state index contributed by atoms with van der Waals surface area (Å²) in [6, 6.07) is 4.35. The van der Waals surface area contributed by atoms with Gasteiger partial charge in [0.2, 0.25) is 0 Å². The number of aryl methyl sites for hydroxylation is 1. The van der Waals surface area contributed by atoms with Gasteiger partial charge in [0.15, 0.2) is 0 Å². The van der Waals surface area contributed by atoms with E-state index >= 15 is 0 Å². The van der Waals surface area contributed by atoms with Crippen LogP contribution in [0.2, 0.25) is 0 Å². The van der Waals surface area contributed by atoms with Crippen LogP contribution >= 0.6 is 34.5 Å². The molecule has 0 bridgehead atoms. The van der Waals surface area contributed by atoms with E-state index < -0.39 is 0 Å². The maximum absolute atomic E-state index is 5.86. The summed E-state index contributed by atoms with van der Waals surface area (Å²) in [5.74, 6) is 1.06. The van der Waals surface area contributed by atoms with Gasteiger partial charge in [0.1, 0.15) is 0 Å². The summed E-state index contributed by atoms with van der Waals surface area (Å²) in [6.07, 6.45) is 1.10. The minimum Gasteiger partial charge on any atom is -0.304 e. The maximum Gasteiger partial charge on any atom is 0.0428 e. The van der Waals surface area contributed by atoms with Crippen LogP contribution in [-0.4, -0.2) is 17.3 Å². The molecule has 0 aliphatic heterocycles. The largest absolute Gasteiger partial charge is 0.304 e. The van der Waals surface area contributed by atoms with Crippen LogP contribution in [0.5, 0.6) is 0 Å². The van der Waals surface area contributed by atoms with E-state index in [2.05, 4.69) is 24.4 Å². The molecule has 4 heteroatoms. The van der Waals surface area contributed by atoms with Crippen LogP contribution in [0.3, 0.4) is 0 Å². The molecule has 0 aliphatic carbocycles. The normalized spacial score (nSPS) is 12.0. The molecule has 1 nitrogen and oxygen atoms in total. The molecule has 1 aromatic rings. The smallest absolute Gasteiger partial charge is 0.0428 e. The van der Waals surface area contributed by atoms with Gasteiger partial charge in [-0.05, 0) is 25.5 Å². The van der Waals surface area contributed by atoms with Crippen molar-refractivity contribution < 1.29 is 0 Å². The Hall–Kier alpha value is 0.240. The molecule has 1 rings (SSSR count). The van der Waals surface area contributed by atoms with Gasteiger partial charge in [0.25, 0.3) is 0 Å². The van der Waals surface area contributed by atoms with E-state index in [1.165, 1.54) is 9.75 Å². The number of rotatable bonds is 6. The molecule has 1 aromatic heterocycles. The Labute approximate surface area is 106 Å². The fourth-order valence-corrected chi connectivity index (χ4v) is 2.51. The molecule has 0 atom stereocenters. The number of hydrogen-bond acceptors (Lipinski definition) is 2. The van der Waals surface area contributed by atoms with E-state index in [0.29, 0.717) is 11.8 Å². The number of halogens is 2. The van der Waals surface area contributed by atoms with Crippen molar-refractivity contribution in [2.75, 3.05) is 11.8 Å². The Bertz CT molecular complexity index is 295. The molecule has 1 heterocycles.